The molecule has 0 fully saturated rings. The summed E-state index contributed by atoms with van der Waals surface area (Å²) in [6.07, 6.45) is 4.03. The lowest BCUT2D eigenvalue weighted by atomic mass is 10.1. The zero-order valence-electron chi connectivity index (χ0n) is 17.8. The third kappa shape index (κ3) is 5.90. The number of nitrogens with zero attached hydrogens (tertiary/aromatic N) is 5. The largest absolute Gasteiger partial charge is 0.394 e. The number of pyridine rings is 1. The average molecular weight is 428 g/mol. The number of nitrogens with one attached hydrogen (secondary N) is 1. The SMILES string of the molecule is Cc1cccc(-c2nccc(Nc3ccnc(Cc4ccc(COCCO)cc4)n3)n2)n1. The van der Waals surface area contributed by atoms with Gasteiger partial charge in [0.1, 0.15) is 23.2 Å². The molecule has 0 spiro atoms. The zero-order chi connectivity index (χ0) is 22.2. The molecule has 0 saturated carbocycles. The van der Waals surface area contributed by atoms with Crippen molar-refractivity contribution in [2.45, 2.75) is 20.0 Å². The van der Waals surface area contributed by atoms with Gasteiger partial charge in [0, 0.05) is 24.5 Å². The Morgan fingerprint density at radius 1 is 0.844 bits per heavy atom. The lowest BCUT2D eigenvalue weighted by Gasteiger charge is -2.08. The normalized spacial score (nSPS) is 10.8. The van der Waals surface area contributed by atoms with Crippen LogP contribution in [0.2, 0.25) is 0 Å². The van der Waals surface area contributed by atoms with Crippen molar-refractivity contribution in [3.63, 3.8) is 0 Å². The maximum absolute atomic E-state index is 8.79. The molecule has 3 heterocycles. The van der Waals surface area contributed by atoms with Crippen LogP contribution in [0, 0.1) is 6.92 Å². The summed E-state index contributed by atoms with van der Waals surface area (Å²) in [5, 5.41) is 12.0. The van der Waals surface area contributed by atoms with Crippen molar-refractivity contribution >= 4 is 11.6 Å². The Hall–Kier alpha value is -3.75. The first kappa shape index (κ1) is 21.5. The summed E-state index contributed by atoms with van der Waals surface area (Å²) in [5.41, 5.74) is 3.79. The lowest BCUT2D eigenvalue weighted by Crippen LogP contribution is -2.03. The number of hydrogen-bond donors (Lipinski definition) is 2. The van der Waals surface area contributed by atoms with E-state index in [1.165, 1.54) is 0 Å². The van der Waals surface area contributed by atoms with E-state index in [4.69, 9.17) is 9.84 Å². The number of hydrogen-bond acceptors (Lipinski definition) is 8. The van der Waals surface area contributed by atoms with Gasteiger partial charge in [0.2, 0.25) is 0 Å². The maximum atomic E-state index is 8.79. The maximum Gasteiger partial charge on any atom is 0.180 e. The van der Waals surface area contributed by atoms with Gasteiger partial charge in [-0.3, -0.25) is 0 Å². The van der Waals surface area contributed by atoms with Crippen LogP contribution in [-0.2, 0) is 17.8 Å². The first-order valence-electron chi connectivity index (χ1n) is 10.3. The molecule has 32 heavy (non-hydrogen) atoms. The van der Waals surface area contributed by atoms with E-state index in [9.17, 15) is 0 Å². The van der Waals surface area contributed by atoms with E-state index in [2.05, 4.69) is 30.2 Å². The van der Waals surface area contributed by atoms with Gasteiger partial charge in [-0.25, -0.2) is 24.9 Å². The van der Waals surface area contributed by atoms with Gasteiger partial charge in [0.05, 0.1) is 19.8 Å². The van der Waals surface area contributed by atoms with Crippen LogP contribution in [-0.4, -0.2) is 43.2 Å². The molecule has 4 aromatic rings. The van der Waals surface area contributed by atoms with Crippen LogP contribution >= 0.6 is 0 Å². The Kier molecular flexibility index (Phi) is 7.06. The molecule has 0 unspecified atom stereocenters. The van der Waals surface area contributed by atoms with Crippen LogP contribution in [0.1, 0.15) is 22.6 Å². The van der Waals surface area contributed by atoms with E-state index >= 15 is 0 Å². The number of aryl methyl sites for hydroxylation is 1. The molecule has 0 bridgehead atoms. The molecular weight excluding hydrogens is 404 g/mol. The second-order valence-electron chi connectivity index (χ2n) is 7.18. The van der Waals surface area contributed by atoms with Crippen molar-refractivity contribution in [2.75, 3.05) is 18.5 Å². The molecule has 8 heteroatoms. The Labute approximate surface area is 186 Å². The molecule has 162 valence electrons. The lowest BCUT2D eigenvalue weighted by molar-refractivity contribution is 0.0815. The number of ether oxygens (including phenoxy) is 1. The van der Waals surface area contributed by atoms with E-state index in [0.717, 1.165) is 22.5 Å². The number of anilines is 2. The molecular formula is C24H24N6O2. The summed E-state index contributed by atoms with van der Waals surface area (Å²) < 4.78 is 5.34. The number of aliphatic hydroxyl groups excluding tert-OH is 1. The van der Waals surface area contributed by atoms with Crippen molar-refractivity contribution in [1.29, 1.82) is 0 Å². The Balaban J connectivity index is 1.43. The Morgan fingerprint density at radius 2 is 1.59 bits per heavy atom. The van der Waals surface area contributed by atoms with Crippen LogP contribution in [0.3, 0.4) is 0 Å². The minimum Gasteiger partial charge on any atom is -0.394 e. The second kappa shape index (κ2) is 10.5. The van der Waals surface area contributed by atoms with Gasteiger partial charge in [-0.15, -0.1) is 0 Å². The Morgan fingerprint density at radius 3 is 2.38 bits per heavy atom. The summed E-state index contributed by atoms with van der Waals surface area (Å²) in [6, 6.07) is 17.4. The third-order valence-electron chi connectivity index (χ3n) is 4.62. The van der Waals surface area contributed by atoms with Gasteiger partial charge < -0.3 is 15.2 Å². The van der Waals surface area contributed by atoms with Crippen LogP contribution in [0.4, 0.5) is 11.6 Å². The van der Waals surface area contributed by atoms with Crippen molar-refractivity contribution in [1.82, 2.24) is 24.9 Å². The highest BCUT2D eigenvalue weighted by Crippen LogP contribution is 2.17. The van der Waals surface area contributed by atoms with E-state index < -0.39 is 0 Å². The van der Waals surface area contributed by atoms with Gasteiger partial charge in [0.15, 0.2) is 5.82 Å². The molecule has 8 nitrogen and oxygen atoms in total. The van der Waals surface area contributed by atoms with Gasteiger partial charge in [-0.1, -0.05) is 30.3 Å². The minimum atomic E-state index is 0.0267. The topological polar surface area (TPSA) is 106 Å². The summed E-state index contributed by atoms with van der Waals surface area (Å²) in [6.45, 7) is 2.78. The van der Waals surface area contributed by atoms with Gasteiger partial charge in [-0.2, -0.15) is 0 Å². The summed E-state index contributed by atoms with van der Waals surface area (Å²) in [7, 11) is 0. The van der Waals surface area contributed by atoms with Crippen molar-refractivity contribution < 1.29 is 9.84 Å². The van der Waals surface area contributed by atoms with E-state index in [1.54, 1.807) is 24.5 Å². The molecule has 0 amide bonds. The quantitative estimate of drug-likeness (QED) is 0.390. The fraction of sp³-hybridized carbons (Fsp3) is 0.208. The van der Waals surface area contributed by atoms with Crippen LogP contribution in [0.5, 0.6) is 0 Å². The number of rotatable bonds is 9. The standard InChI is InChI=1S/C24H24N6O2/c1-17-3-2-4-20(27-17)24-26-12-10-22(30-24)28-21-9-11-25-23(29-21)15-18-5-7-19(8-6-18)16-32-14-13-31/h2-12,31H,13-16H2,1H3,(H,25,26,28,29,30). The Bertz CT molecular complexity index is 1170. The monoisotopic (exact) mass is 428 g/mol. The van der Waals surface area contributed by atoms with Gasteiger partial charge >= 0.3 is 0 Å². The van der Waals surface area contributed by atoms with Gasteiger partial charge in [0.25, 0.3) is 0 Å². The zero-order valence-corrected chi connectivity index (χ0v) is 17.8. The highest BCUT2D eigenvalue weighted by atomic mass is 16.5. The van der Waals surface area contributed by atoms with Crippen LogP contribution in [0.15, 0.2) is 67.0 Å². The van der Waals surface area contributed by atoms with Crippen molar-refractivity contribution in [3.8, 4) is 11.5 Å². The molecule has 0 aliphatic heterocycles. The first-order valence-corrected chi connectivity index (χ1v) is 10.3. The van der Waals surface area contributed by atoms with Crippen LogP contribution < -0.4 is 5.32 Å². The number of aromatic nitrogens is 5. The van der Waals surface area contributed by atoms with Crippen molar-refractivity contribution in [3.05, 3.63) is 89.6 Å². The molecule has 2 N–H and O–H groups in total. The first-order chi connectivity index (χ1) is 15.7. The van der Waals surface area contributed by atoms with E-state index in [1.807, 2.05) is 49.4 Å². The molecule has 4 rings (SSSR count). The molecule has 0 saturated heterocycles. The molecule has 1 aromatic carbocycles. The summed E-state index contributed by atoms with van der Waals surface area (Å²) in [4.78, 5) is 22.4. The molecule has 0 atom stereocenters. The highest BCUT2D eigenvalue weighted by molar-refractivity contribution is 5.56. The van der Waals surface area contributed by atoms with Crippen molar-refractivity contribution in [2.24, 2.45) is 0 Å². The number of benzene rings is 1. The van der Waals surface area contributed by atoms with E-state index in [-0.39, 0.29) is 6.61 Å². The summed E-state index contributed by atoms with van der Waals surface area (Å²) >= 11 is 0. The summed E-state index contributed by atoms with van der Waals surface area (Å²) in [5.74, 6) is 2.55. The van der Waals surface area contributed by atoms with E-state index in [0.29, 0.717) is 42.9 Å². The average Bonchev–Trinajstić information content (AvgIpc) is 2.81. The minimum absolute atomic E-state index is 0.0267. The molecule has 0 aliphatic carbocycles. The molecule has 0 aliphatic rings. The smallest absolute Gasteiger partial charge is 0.180 e. The second-order valence-corrected chi connectivity index (χ2v) is 7.18. The van der Waals surface area contributed by atoms with Gasteiger partial charge in [-0.05, 0) is 42.3 Å². The predicted molar refractivity (Wildman–Crippen MR) is 121 cm³/mol. The molecule has 0 radical (unpaired) electrons. The fourth-order valence-corrected chi connectivity index (χ4v) is 3.09. The molecule has 3 aromatic heterocycles. The number of aliphatic hydroxyl groups is 1. The predicted octanol–water partition coefficient (Wildman–Crippen LogP) is 3.48. The third-order valence-corrected chi connectivity index (χ3v) is 4.62. The fourth-order valence-electron chi connectivity index (χ4n) is 3.09. The van der Waals surface area contributed by atoms with Crippen LogP contribution in [0.25, 0.3) is 11.5 Å². The highest BCUT2D eigenvalue weighted by Gasteiger charge is 2.07.